The van der Waals surface area contributed by atoms with Gasteiger partial charge in [0.25, 0.3) is 5.91 Å². The summed E-state index contributed by atoms with van der Waals surface area (Å²) in [6.45, 7) is 7.27. The third-order valence-electron chi connectivity index (χ3n) is 8.34. The van der Waals surface area contributed by atoms with Crippen molar-refractivity contribution in [1.82, 2.24) is 40.9 Å². The Morgan fingerprint density at radius 2 is 1.63 bits per heavy atom. The number of nitrogens with one attached hydrogen (secondary N) is 4. The summed E-state index contributed by atoms with van der Waals surface area (Å²) in [5.74, 6) is -1.71. The molecule has 3 atom stereocenters. The third-order valence-corrected chi connectivity index (χ3v) is 8.34. The normalized spacial score (nSPS) is 20.2. The van der Waals surface area contributed by atoms with Gasteiger partial charge in [0.15, 0.2) is 0 Å². The Kier molecular flexibility index (Phi) is 13.9. The van der Waals surface area contributed by atoms with Crippen molar-refractivity contribution in [3.05, 3.63) is 83.9 Å². The van der Waals surface area contributed by atoms with Crippen molar-refractivity contribution >= 4 is 29.5 Å². The van der Waals surface area contributed by atoms with Crippen molar-refractivity contribution in [2.24, 2.45) is 5.92 Å². The second kappa shape index (κ2) is 18.5. The molecule has 1 aromatic heterocycles. The SMILES string of the molecule is CC(C)C[C@@H]1NC(=O)[C@@H](Cc2ccccc2)NC(=O)c2ccc(cc2)CN(C(=O)CCCn2cncn2)CCCCNC(=O)[C@@H](C)NC1=O. The molecule has 5 rings (SSSR count). The Morgan fingerprint density at radius 3 is 2.33 bits per heavy atom. The lowest BCUT2D eigenvalue weighted by atomic mass is 10.0. The van der Waals surface area contributed by atoms with E-state index in [1.54, 1.807) is 35.0 Å². The largest absolute Gasteiger partial charge is 0.354 e. The highest BCUT2D eigenvalue weighted by atomic mass is 16.2. The monoisotopic (exact) mass is 672 g/mol. The summed E-state index contributed by atoms with van der Waals surface area (Å²) < 4.78 is 1.69. The average molecular weight is 673 g/mol. The van der Waals surface area contributed by atoms with Crippen molar-refractivity contribution in [2.75, 3.05) is 13.1 Å². The summed E-state index contributed by atoms with van der Waals surface area (Å²) in [5.41, 5.74) is 2.06. The maximum Gasteiger partial charge on any atom is 0.251 e. The maximum absolute atomic E-state index is 13.7. The molecular formula is C36H48N8O5. The van der Waals surface area contributed by atoms with Crippen molar-refractivity contribution < 1.29 is 24.0 Å². The topological polar surface area (TPSA) is 167 Å². The molecule has 3 aromatic rings. The number of rotatable bonds is 8. The van der Waals surface area contributed by atoms with Crippen LogP contribution >= 0.6 is 0 Å². The highest BCUT2D eigenvalue weighted by Crippen LogP contribution is 2.13. The molecule has 4 N–H and O–H groups in total. The number of fused-ring (bicyclic) bond motifs is 18. The van der Waals surface area contributed by atoms with Gasteiger partial charge in [-0.3, -0.25) is 28.7 Å². The van der Waals surface area contributed by atoms with Crippen LogP contribution in [-0.2, 0) is 38.7 Å². The van der Waals surface area contributed by atoms with Crippen LogP contribution in [0.4, 0.5) is 0 Å². The molecule has 0 unspecified atom stereocenters. The summed E-state index contributed by atoms with van der Waals surface area (Å²) in [6.07, 6.45) is 5.84. The zero-order chi connectivity index (χ0) is 35.2. The van der Waals surface area contributed by atoms with Gasteiger partial charge in [-0.2, -0.15) is 5.10 Å². The van der Waals surface area contributed by atoms with Crippen LogP contribution in [0.2, 0.25) is 0 Å². The predicted octanol–water partition coefficient (Wildman–Crippen LogP) is 2.37. The first-order valence-corrected chi connectivity index (χ1v) is 17.0. The molecule has 262 valence electrons. The highest BCUT2D eigenvalue weighted by Gasteiger charge is 2.29. The molecule has 13 nitrogen and oxygen atoms in total. The van der Waals surface area contributed by atoms with Crippen molar-refractivity contribution in [2.45, 2.75) is 90.5 Å². The summed E-state index contributed by atoms with van der Waals surface area (Å²) in [7, 11) is 0. The van der Waals surface area contributed by atoms with E-state index in [4.69, 9.17) is 0 Å². The average Bonchev–Trinajstić information content (AvgIpc) is 3.60. The lowest BCUT2D eigenvalue weighted by molar-refractivity contribution is -0.132. The summed E-state index contributed by atoms with van der Waals surface area (Å²) in [4.78, 5) is 72.5. The van der Waals surface area contributed by atoms with Crippen LogP contribution in [0.25, 0.3) is 0 Å². The summed E-state index contributed by atoms with van der Waals surface area (Å²) in [5, 5.41) is 15.4. The van der Waals surface area contributed by atoms with Crippen LogP contribution in [0.1, 0.15) is 74.4 Å². The molecule has 5 amide bonds. The lowest BCUT2D eigenvalue weighted by Crippen LogP contribution is -2.57. The van der Waals surface area contributed by atoms with Gasteiger partial charge in [-0.15, -0.1) is 0 Å². The zero-order valence-electron chi connectivity index (χ0n) is 28.6. The highest BCUT2D eigenvalue weighted by molar-refractivity contribution is 5.99. The molecule has 2 aromatic carbocycles. The number of carbonyl (C=O) groups excluding carboxylic acids is 5. The molecule has 13 heteroatoms. The second-order valence-corrected chi connectivity index (χ2v) is 12.9. The number of amides is 5. The van der Waals surface area contributed by atoms with Gasteiger partial charge >= 0.3 is 0 Å². The first-order chi connectivity index (χ1) is 23.6. The van der Waals surface area contributed by atoms with Gasteiger partial charge in [-0.1, -0.05) is 56.3 Å². The van der Waals surface area contributed by atoms with E-state index in [2.05, 4.69) is 31.3 Å². The molecule has 0 saturated carbocycles. The molecule has 49 heavy (non-hydrogen) atoms. The number of hydrogen-bond donors (Lipinski definition) is 4. The Hall–Kier alpha value is -5.07. The van der Waals surface area contributed by atoms with Crippen LogP contribution < -0.4 is 21.3 Å². The third kappa shape index (κ3) is 11.8. The predicted molar refractivity (Wildman–Crippen MR) is 184 cm³/mol. The molecule has 0 aliphatic carbocycles. The van der Waals surface area contributed by atoms with Gasteiger partial charge in [0.2, 0.25) is 23.6 Å². The van der Waals surface area contributed by atoms with E-state index >= 15 is 0 Å². The van der Waals surface area contributed by atoms with Crippen LogP contribution in [0.15, 0.2) is 67.3 Å². The van der Waals surface area contributed by atoms with Crippen LogP contribution in [0.3, 0.4) is 0 Å². The van der Waals surface area contributed by atoms with Gasteiger partial charge in [0, 0.05) is 44.6 Å². The fourth-order valence-electron chi connectivity index (χ4n) is 5.62. The van der Waals surface area contributed by atoms with Gasteiger partial charge in [-0.25, -0.2) is 4.98 Å². The van der Waals surface area contributed by atoms with Crippen molar-refractivity contribution in [3.63, 3.8) is 0 Å². The van der Waals surface area contributed by atoms with Gasteiger partial charge in [0.05, 0.1) is 0 Å². The van der Waals surface area contributed by atoms with E-state index in [0.717, 1.165) is 11.1 Å². The van der Waals surface area contributed by atoms with Gasteiger partial charge < -0.3 is 26.2 Å². The molecule has 3 heterocycles. The minimum Gasteiger partial charge on any atom is -0.354 e. The van der Waals surface area contributed by atoms with Crippen molar-refractivity contribution in [3.8, 4) is 0 Å². The molecule has 0 saturated heterocycles. The first-order valence-electron chi connectivity index (χ1n) is 17.0. The van der Waals surface area contributed by atoms with E-state index in [9.17, 15) is 24.0 Å². The number of aryl methyl sites for hydroxylation is 1. The summed E-state index contributed by atoms with van der Waals surface area (Å²) in [6, 6.07) is 13.6. The maximum atomic E-state index is 13.7. The molecule has 0 spiro atoms. The zero-order valence-corrected chi connectivity index (χ0v) is 28.6. The number of aromatic nitrogens is 3. The van der Waals surface area contributed by atoms with E-state index in [-0.39, 0.29) is 24.2 Å². The number of carbonyl (C=O) groups is 5. The Morgan fingerprint density at radius 1 is 0.898 bits per heavy atom. The van der Waals surface area contributed by atoms with Crippen LogP contribution in [-0.4, -0.2) is 80.4 Å². The molecule has 2 bridgehead atoms. The second-order valence-electron chi connectivity index (χ2n) is 12.9. The van der Waals surface area contributed by atoms with Gasteiger partial charge in [0.1, 0.15) is 30.8 Å². The smallest absolute Gasteiger partial charge is 0.251 e. The number of benzene rings is 2. The minimum absolute atomic E-state index is 0.00795. The summed E-state index contributed by atoms with van der Waals surface area (Å²) >= 11 is 0. The number of hydrogen-bond acceptors (Lipinski definition) is 7. The lowest BCUT2D eigenvalue weighted by Gasteiger charge is -2.25. The Labute approximate surface area is 287 Å². The minimum atomic E-state index is -0.975. The molecular weight excluding hydrogens is 624 g/mol. The standard InChI is InChI=1S/C36H48N8O5/c1-25(2)20-30-35(48)40-26(3)33(46)38-17-7-8-18-43(32(45)12-9-19-44-24-37-23-39-44)22-28-13-15-29(16-14-28)34(47)41-31(36(49)42-30)21-27-10-5-4-6-11-27/h4-6,10-11,13-16,23-26,30-31H,7-9,12,17-22H2,1-3H3,(H,38,46)(H,40,48)(H,41,47)(H,42,49)/t26-,30+,31-/m1/s1. The molecule has 2 aliphatic rings. The fraction of sp³-hybridized carbons (Fsp3) is 0.472. The van der Waals surface area contributed by atoms with E-state index in [1.165, 1.54) is 6.33 Å². The first kappa shape index (κ1) is 36.8. The molecule has 0 radical (unpaired) electrons. The van der Waals surface area contributed by atoms with E-state index in [0.29, 0.717) is 63.8 Å². The molecule has 0 fully saturated rings. The quantitative estimate of drug-likeness (QED) is 0.267. The van der Waals surface area contributed by atoms with E-state index < -0.39 is 35.8 Å². The Balaban J connectivity index is 1.55. The number of nitrogens with zero attached hydrogens (tertiary/aromatic N) is 4. The molecule has 2 aliphatic heterocycles. The van der Waals surface area contributed by atoms with E-state index in [1.807, 2.05) is 56.3 Å². The van der Waals surface area contributed by atoms with Crippen LogP contribution in [0, 0.1) is 5.92 Å². The van der Waals surface area contributed by atoms with Crippen LogP contribution in [0.5, 0.6) is 0 Å². The van der Waals surface area contributed by atoms with Crippen molar-refractivity contribution in [1.29, 1.82) is 0 Å². The van der Waals surface area contributed by atoms with Gasteiger partial charge in [-0.05, 0) is 61.8 Å². The fourth-order valence-corrected chi connectivity index (χ4v) is 5.62. The Bertz CT molecular complexity index is 1530.